The van der Waals surface area contributed by atoms with Gasteiger partial charge in [-0.3, -0.25) is 0 Å². The smallest absolute Gasteiger partial charge is 0.151 e. The van der Waals surface area contributed by atoms with Crippen molar-refractivity contribution in [1.82, 2.24) is 15.5 Å². The molecule has 31 heavy (non-hydrogen) atoms. The van der Waals surface area contributed by atoms with E-state index in [2.05, 4.69) is 60.5 Å². The van der Waals surface area contributed by atoms with E-state index in [1.54, 1.807) is 6.07 Å². The van der Waals surface area contributed by atoms with E-state index in [4.69, 9.17) is 0 Å². The van der Waals surface area contributed by atoms with Gasteiger partial charge in [0, 0.05) is 42.5 Å². The molecule has 0 radical (unpaired) electrons. The summed E-state index contributed by atoms with van der Waals surface area (Å²) < 4.78 is 0. The van der Waals surface area contributed by atoms with Gasteiger partial charge in [-0.15, -0.1) is 10.2 Å². The van der Waals surface area contributed by atoms with Gasteiger partial charge in [0.1, 0.15) is 5.75 Å². The van der Waals surface area contributed by atoms with Crippen molar-refractivity contribution in [2.24, 2.45) is 0 Å². The van der Waals surface area contributed by atoms with Crippen molar-refractivity contribution < 1.29 is 5.11 Å². The number of fused-ring (bicyclic) bond motifs is 1. The SMILES string of the molecule is CNc1ccc2cc(-c3ccc(N(C)C4CC(C)(C)NC(C)(C)C4)nn3)c(O)cc2c1. The fourth-order valence-electron chi connectivity index (χ4n) is 5.03. The fourth-order valence-corrected chi connectivity index (χ4v) is 5.03. The number of nitrogens with one attached hydrogen (secondary N) is 2. The lowest BCUT2D eigenvalue weighted by molar-refractivity contribution is 0.160. The molecule has 4 rings (SSSR count). The molecular formula is C25H33N5O. The van der Waals surface area contributed by atoms with E-state index < -0.39 is 0 Å². The molecule has 0 unspecified atom stereocenters. The highest BCUT2D eigenvalue weighted by Gasteiger charge is 2.39. The normalized spacial score (nSPS) is 18.1. The third-order valence-electron chi connectivity index (χ3n) is 6.25. The Morgan fingerprint density at radius 3 is 2.29 bits per heavy atom. The van der Waals surface area contributed by atoms with Crippen LogP contribution in [0.3, 0.4) is 0 Å². The summed E-state index contributed by atoms with van der Waals surface area (Å²) in [5.41, 5.74) is 2.50. The molecule has 2 heterocycles. The number of piperidine rings is 1. The van der Waals surface area contributed by atoms with Crippen LogP contribution in [0.2, 0.25) is 0 Å². The van der Waals surface area contributed by atoms with E-state index in [-0.39, 0.29) is 16.8 Å². The van der Waals surface area contributed by atoms with Gasteiger partial charge < -0.3 is 20.6 Å². The first kappa shape index (κ1) is 21.4. The molecule has 1 aromatic heterocycles. The van der Waals surface area contributed by atoms with Crippen molar-refractivity contribution in [2.45, 2.75) is 57.7 Å². The Morgan fingerprint density at radius 1 is 0.968 bits per heavy atom. The van der Waals surface area contributed by atoms with Crippen LogP contribution in [0.4, 0.5) is 11.5 Å². The lowest BCUT2D eigenvalue weighted by Crippen LogP contribution is -2.62. The van der Waals surface area contributed by atoms with Gasteiger partial charge in [0.05, 0.1) is 5.69 Å². The minimum Gasteiger partial charge on any atom is -0.507 e. The molecule has 0 aliphatic carbocycles. The molecule has 0 atom stereocenters. The predicted octanol–water partition coefficient (Wildman–Crippen LogP) is 4.79. The molecule has 1 aliphatic rings. The van der Waals surface area contributed by atoms with Crippen LogP contribution in [0.1, 0.15) is 40.5 Å². The van der Waals surface area contributed by atoms with Crippen LogP contribution >= 0.6 is 0 Å². The quantitative estimate of drug-likeness (QED) is 0.565. The minimum atomic E-state index is 0.0676. The van der Waals surface area contributed by atoms with Gasteiger partial charge in [-0.25, -0.2) is 0 Å². The van der Waals surface area contributed by atoms with Crippen molar-refractivity contribution in [3.63, 3.8) is 0 Å². The Kier molecular flexibility index (Phi) is 5.30. The molecule has 6 heteroatoms. The first-order valence-electron chi connectivity index (χ1n) is 10.9. The maximum Gasteiger partial charge on any atom is 0.151 e. The van der Waals surface area contributed by atoms with Crippen molar-refractivity contribution in [2.75, 3.05) is 24.3 Å². The second-order valence-electron chi connectivity index (χ2n) is 10.0. The number of anilines is 2. The van der Waals surface area contributed by atoms with Crippen LogP contribution in [-0.2, 0) is 0 Å². The standard InChI is InChI=1S/C25H33N5O/c1-24(2)14-19(15-25(3,4)29-24)30(6)23-10-9-21(27-28-23)20-12-16-7-8-18(26-5)11-17(16)13-22(20)31/h7-13,19,26,29,31H,14-15H2,1-6H3. The number of hydrogen-bond acceptors (Lipinski definition) is 6. The lowest BCUT2D eigenvalue weighted by atomic mass is 9.79. The summed E-state index contributed by atoms with van der Waals surface area (Å²) in [6.45, 7) is 9.02. The number of aromatic hydroxyl groups is 1. The van der Waals surface area contributed by atoms with E-state index >= 15 is 0 Å². The molecule has 1 saturated heterocycles. The Labute approximate surface area is 184 Å². The molecule has 3 aromatic rings. The highest BCUT2D eigenvalue weighted by Crippen LogP contribution is 2.35. The Bertz CT molecular complexity index is 1080. The molecule has 6 nitrogen and oxygen atoms in total. The van der Waals surface area contributed by atoms with Crippen molar-refractivity contribution in [1.29, 1.82) is 0 Å². The molecule has 0 saturated carbocycles. The highest BCUT2D eigenvalue weighted by atomic mass is 16.3. The highest BCUT2D eigenvalue weighted by molar-refractivity contribution is 5.92. The average molecular weight is 420 g/mol. The Hall–Kier alpha value is -2.86. The largest absolute Gasteiger partial charge is 0.507 e. The zero-order valence-corrected chi connectivity index (χ0v) is 19.3. The van der Waals surface area contributed by atoms with Gasteiger partial charge in [-0.05, 0) is 87.7 Å². The van der Waals surface area contributed by atoms with Gasteiger partial charge in [0.2, 0.25) is 0 Å². The summed E-state index contributed by atoms with van der Waals surface area (Å²) in [5, 5.41) is 28.5. The van der Waals surface area contributed by atoms with Gasteiger partial charge in [-0.1, -0.05) is 6.07 Å². The average Bonchev–Trinajstić information content (AvgIpc) is 2.70. The number of rotatable bonds is 4. The first-order valence-corrected chi connectivity index (χ1v) is 10.9. The van der Waals surface area contributed by atoms with Crippen LogP contribution < -0.4 is 15.5 Å². The molecular weight excluding hydrogens is 386 g/mol. The second kappa shape index (κ2) is 7.68. The number of hydrogen-bond donors (Lipinski definition) is 3. The second-order valence-corrected chi connectivity index (χ2v) is 10.0. The van der Waals surface area contributed by atoms with Crippen LogP contribution in [0.15, 0.2) is 42.5 Å². The zero-order chi connectivity index (χ0) is 22.4. The number of benzene rings is 2. The van der Waals surface area contributed by atoms with Crippen molar-refractivity contribution in [3.8, 4) is 17.0 Å². The monoisotopic (exact) mass is 419 g/mol. The van der Waals surface area contributed by atoms with E-state index in [1.807, 2.05) is 43.4 Å². The molecule has 0 amide bonds. The van der Waals surface area contributed by atoms with E-state index in [0.29, 0.717) is 17.3 Å². The molecule has 164 valence electrons. The van der Waals surface area contributed by atoms with E-state index in [9.17, 15) is 5.11 Å². The van der Waals surface area contributed by atoms with Crippen LogP contribution in [0.25, 0.3) is 22.0 Å². The molecule has 0 bridgehead atoms. The van der Waals surface area contributed by atoms with Crippen molar-refractivity contribution in [3.05, 3.63) is 42.5 Å². The summed E-state index contributed by atoms with van der Waals surface area (Å²) in [6.07, 6.45) is 2.08. The number of aromatic nitrogens is 2. The Balaban J connectivity index is 1.60. The van der Waals surface area contributed by atoms with Crippen LogP contribution in [0.5, 0.6) is 5.75 Å². The Morgan fingerprint density at radius 2 is 1.68 bits per heavy atom. The number of phenolic OH excluding ortho intramolecular Hbond substituents is 1. The number of phenols is 1. The number of nitrogens with zero attached hydrogens (tertiary/aromatic N) is 3. The van der Waals surface area contributed by atoms with Crippen molar-refractivity contribution >= 4 is 22.3 Å². The van der Waals surface area contributed by atoms with Crippen LogP contribution in [0, 0.1) is 0 Å². The summed E-state index contributed by atoms with van der Waals surface area (Å²) in [4.78, 5) is 2.24. The van der Waals surface area contributed by atoms with E-state index in [1.165, 1.54) is 0 Å². The summed E-state index contributed by atoms with van der Waals surface area (Å²) in [5.74, 6) is 1.05. The molecule has 2 aromatic carbocycles. The molecule has 0 spiro atoms. The maximum absolute atomic E-state index is 10.6. The van der Waals surface area contributed by atoms with Gasteiger partial charge in [-0.2, -0.15) is 0 Å². The third kappa shape index (κ3) is 4.44. The predicted molar refractivity (Wildman–Crippen MR) is 129 cm³/mol. The summed E-state index contributed by atoms with van der Waals surface area (Å²) in [6, 6.07) is 14.2. The van der Waals surface area contributed by atoms with Gasteiger partial charge >= 0.3 is 0 Å². The summed E-state index contributed by atoms with van der Waals surface area (Å²) >= 11 is 0. The lowest BCUT2D eigenvalue weighted by Gasteiger charge is -2.49. The summed E-state index contributed by atoms with van der Waals surface area (Å²) in [7, 11) is 3.98. The zero-order valence-electron chi connectivity index (χ0n) is 19.3. The topological polar surface area (TPSA) is 73.3 Å². The maximum atomic E-state index is 10.6. The van der Waals surface area contributed by atoms with Gasteiger partial charge in [0.25, 0.3) is 0 Å². The van der Waals surface area contributed by atoms with Crippen LogP contribution in [-0.4, -0.2) is 46.5 Å². The molecule has 1 fully saturated rings. The first-order chi connectivity index (χ1) is 14.6. The minimum absolute atomic E-state index is 0.0676. The molecule has 1 aliphatic heterocycles. The van der Waals surface area contributed by atoms with E-state index in [0.717, 1.165) is 35.1 Å². The molecule has 3 N–H and O–H groups in total. The van der Waals surface area contributed by atoms with Gasteiger partial charge in [0.15, 0.2) is 5.82 Å². The third-order valence-corrected chi connectivity index (χ3v) is 6.25. The fraction of sp³-hybridized carbons (Fsp3) is 0.440.